The largest absolute Gasteiger partial charge is 0.374 e. The third-order valence-corrected chi connectivity index (χ3v) is 5.84. The second-order valence-electron chi connectivity index (χ2n) is 6.74. The number of likely N-dealkylation sites (tertiary alicyclic amines) is 1. The van der Waals surface area contributed by atoms with E-state index < -0.39 is 11.5 Å². The fraction of sp³-hybridized carbons (Fsp3) is 0.579. The Hall–Kier alpha value is -1.68. The zero-order chi connectivity index (χ0) is 16.6. The minimum Gasteiger partial charge on any atom is -0.374 e. The predicted molar refractivity (Wildman–Crippen MR) is 88.1 cm³/mol. The lowest BCUT2D eigenvalue weighted by atomic mass is 9.54. The Morgan fingerprint density at radius 2 is 1.96 bits per heavy atom. The first kappa shape index (κ1) is 16.2. The predicted octanol–water partition coefficient (Wildman–Crippen LogP) is 2.42. The van der Waals surface area contributed by atoms with Gasteiger partial charge in [0.1, 0.15) is 6.10 Å². The van der Waals surface area contributed by atoms with Crippen LogP contribution in [0.2, 0.25) is 0 Å². The first-order valence-electron chi connectivity index (χ1n) is 8.47. The lowest BCUT2D eigenvalue weighted by Gasteiger charge is -2.53. The van der Waals surface area contributed by atoms with E-state index in [9.17, 15) is 9.59 Å². The van der Waals surface area contributed by atoms with Gasteiger partial charge in [-0.2, -0.15) is 0 Å². The molecule has 0 spiro atoms. The Kier molecular flexibility index (Phi) is 4.28. The van der Waals surface area contributed by atoms with Gasteiger partial charge in [0, 0.05) is 26.1 Å². The van der Waals surface area contributed by atoms with Crippen LogP contribution in [0.4, 0.5) is 0 Å². The Morgan fingerprint density at radius 3 is 2.57 bits per heavy atom. The van der Waals surface area contributed by atoms with Gasteiger partial charge >= 0.3 is 0 Å². The number of ether oxygens (including phenoxy) is 1. The highest BCUT2D eigenvalue weighted by Gasteiger charge is 2.59. The molecule has 4 nitrogen and oxygen atoms in total. The number of carbonyl (C=O) groups is 2. The topological polar surface area (TPSA) is 46.6 Å². The summed E-state index contributed by atoms with van der Waals surface area (Å²) in [4.78, 5) is 27.9. The molecule has 0 aromatic heterocycles. The van der Waals surface area contributed by atoms with Crippen molar-refractivity contribution < 1.29 is 14.3 Å². The fourth-order valence-corrected chi connectivity index (χ4v) is 4.58. The van der Waals surface area contributed by atoms with Crippen molar-refractivity contribution in [2.45, 2.75) is 38.2 Å². The van der Waals surface area contributed by atoms with Gasteiger partial charge in [0.15, 0.2) is 5.78 Å². The van der Waals surface area contributed by atoms with E-state index in [2.05, 4.69) is 0 Å². The average Bonchev–Trinajstić information content (AvgIpc) is 2.59. The Labute approximate surface area is 137 Å². The highest BCUT2D eigenvalue weighted by molar-refractivity contribution is 5.95. The highest BCUT2D eigenvalue weighted by Crippen LogP contribution is 2.50. The van der Waals surface area contributed by atoms with Gasteiger partial charge in [-0.05, 0) is 31.2 Å². The Morgan fingerprint density at radius 1 is 1.26 bits per heavy atom. The number of fused-ring (bicyclic) bond motifs is 1. The van der Waals surface area contributed by atoms with E-state index in [0.717, 1.165) is 18.5 Å². The van der Waals surface area contributed by atoms with Crippen LogP contribution >= 0.6 is 0 Å². The normalized spacial score (nSPS) is 34.4. The van der Waals surface area contributed by atoms with Gasteiger partial charge in [0.05, 0.1) is 5.41 Å². The van der Waals surface area contributed by atoms with Crippen molar-refractivity contribution >= 4 is 11.7 Å². The van der Waals surface area contributed by atoms with Gasteiger partial charge in [-0.3, -0.25) is 9.59 Å². The number of amides is 1. The van der Waals surface area contributed by atoms with Crippen molar-refractivity contribution in [3.63, 3.8) is 0 Å². The summed E-state index contributed by atoms with van der Waals surface area (Å²) in [5.41, 5.74) is 0.387. The van der Waals surface area contributed by atoms with Crippen molar-refractivity contribution in [2.75, 3.05) is 20.2 Å². The Bertz CT molecular complexity index is 600. The number of hydrogen-bond donors (Lipinski definition) is 0. The summed E-state index contributed by atoms with van der Waals surface area (Å²) in [6.07, 6.45) is 0.830. The molecule has 0 bridgehead atoms. The van der Waals surface area contributed by atoms with Gasteiger partial charge in [-0.1, -0.05) is 37.3 Å². The standard InChI is InChI=1S/C19H25NO3/c1-4-20-11-10-15-13(2)17(21)16(23-3)12-19(15,18(20)22)14-8-6-5-7-9-14/h5-9,13,15-16H,4,10-12H2,1-3H3/t13-,15-,16?,19+/m0/s1. The van der Waals surface area contributed by atoms with Crippen molar-refractivity contribution in [2.24, 2.45) is 11.8 Å². The number of likely N-dealkylation sites (N-methyl/N-ethyl adjacent to an activating group) is 1. The third-order valence-electron chi connectivity index (χ3n) is 5.84. The van der Waals surface area contributed by atoms with E-state index in [-0.39, 0.29) is 23.5 Å². The molecule has 1 aliphatic carbocycles. The maximum atomic E-state index is 13.4. The molecule has 1 amide bonds. The van der Waals surface area contributed by atoms with Crippen LogP contribution in [0.25, 0.3) is 0 Å². The summed E-state index contributed by atoms with van der Waals surface area (Å²) < 4.78 is 5.47. The number of ketones is 1. The number of piperidine rings is 1. The van der Waals surface area contributed by atoms with Crippen molar-refractivity contribution in [1.82, 2.24) is 4.90 Å². The number of benzene rings is 1. The second kappa shape index (κ2) is 6.08. The first-order valence-corrected chi connectivity index (χ1v) is 8.47. The average molecular weight is 315 g/mol. The molecule has 1 aromatic rings. The van der Waals surface area contributed by atoms with Gasteiger partial charge < -0.3 is 9.64 Å². The van der Waals surface area contributed by atoms with E-state index in [4.69, 9.17) is 4.74 Å². The molecule has 4 heteroatoms. The molecule has 1 saturated carbocycles. The molecular formula is C19H25NO3. The molecular weight excluding hydrogens is 290 g/mol. The molecule has 124 valence electrons. The van der Waals surface area contributed by atoms with Crippen molar-refractivity contribution in [3.8, 4) is 0 Å². The quantitative estimate of drug-likeness (QED) is 0.860. The molecule has 4 atom stereocenters. The van der Waals surface area contributed by atoms with Crippen molar-refractivity contribution in [1.29, 1.82) is 0 Å². The van der Waals surface area contributed by atoms with Gasteiger partial charge in [-0.25, -0.2) is 0 Å². The third kappa shape index (κ3) is 2.31. The summed E-state index contributed by atoms with van der Waals surface area (Å²) in [5.74, 6) is 0.196. The van der Waals surface area contributed by atoms with E-state index in [1.807, 2.05) is 49.1 Å². The fourth-order valence-electron chi connectivity index (χ4n) is 4.58. The van der Waals surface area contributed by atoms with Gasteiger partial charge in [0.25, 0.3) is 0 Å². The van der Waals surface area contributed by atoms with Crippen molar-refractivity contribution in [3.05, 3.63) is 35.9 Å². The smallest absolute Gasteiger partial charge is 0.233 e. The lowest BCUT2D eigenvalue weighted by Crippen LogP contribution is -2.63. The molecule has 2 fully saturated rings. The van der Waals surface area contributed by atoms with Crippen LogP contribution in [-0.2, 0) is 19.7 Å². The summed E-state index contributed by atoms with van der Waals surface area (Å²) >= 11 is 0. The molecule has 2 aliphatic rings. The number of nitrogens with zero attached hydrogens (tertiary/aromatic N) is 1. The molecule has 1 heterocycles. The Balaban J connectivity index is 2.15. The van der Waals surface area contributed by atoms with Crippen LogP contribution in [0.5, 0.6) is 0 Å². The summed E-state index contributed by atoms with van der Waals surface area (Å²) in [6.45, 7) is 5.43. The molecule has 1 aromatic carbocycles. The number of methoxy groups -OCH3 is 1. The minimum atomic E-state index is -0.635. The molecule has 3 rings (SSSR count). The first-order chi connectivity index (χ1) is 11.1. The monoisotopic (exact) mass is 315 g/mol. The highest BCUT2D eigenvalue weighted by atomic mass is 16.5. The van der Waals surface area contributed by atoms with Crippen LogP contribution in [0.3, 0.4) is 0 Å². The zero-order valence-corrected chi connectivity index (χ0v) is 14.1. The summed E-state index contributed by atoms with van der Waals surface area (Å²) in [7, 11) is 1.57. The lowest BCUT2D eigenvalue weighted by molar-refractivity contribution is -0.159. The number of carbonyl (C=O) groups excluding carboxylic acids is 2. The summed E-state index contributed by atoms with van der Waals surface area (Å²) in [6, 6.07) is 9.97. The molecule has 1 saturated heterocycles. The van der Waals surface area contributed by atoms with E-state index in [0.29, 0.717) is 13.0 Å². The molecule has 23 heavy (non-hydrogen) atoms. The van der Waals surface area contributed by atoms with Crippen LogP contribution in [-0.4, -0.2) is 42.9 Å². The van der Waals surface area contributed by atoms with Crippen LogP contribution in [0.1, 0.15) is 32.3 Å². The van der Waals surface area contributed by atoms with E-state index >= 15 is 0 Å². The maximum absolute atomic E-state index is 13.4. The van der Waals surface area contributed by atoms with Crippen LogP contribution < -0.4 is 0 Å². The van der Waals surface area contributed by atoms with E-state index in [1.165, 1.54) is 0 Å². The number of hydrogen-bond acceptors (Lipinski definition) is 3. The molecule has 1 unspecified atom stereocenters. The second-order valence-corrected chi connectivity index (χ2v) is 6.74. The number of rotatable bonds is 3. The molecule has 0 N–H and O–H groups in total. The summed E-state index contributed by atoms with van der Waals surface area (Å²) in [5, 5.41) is 0. The SMILES string of the molecule is CCN1CC[C@H]2[C@H](C)C(=O)C(OC)C[C@]2(c2ccccc2)C1=O. The van der Waals surface area contributed by atoms with Crippen LogP contribution in [0.15, 0.2) is 30.3 Å². The van der Waals surface area contributed by atoms with Crippen LogP contribution in [0, 0.1) is 11.8 Å². The van der Waals surface area contributed by atoms with E-state index in [1.54, 1.807) is 7.11 Å². The maximum Gasteiger partial charge on any atom is 0.233 e. The zero-order valence-electron chi connectivity index (χ0n) is 14.1. The number of Topliss-reactive ketones (excluding diaryl/α,β-unsaturated/α-hetero) is 1. The van der Waals surface area contributed by atoms with Gasteiger partial charge in [0.2, 0.25) is 5.91 Å². The molecule has 1 aliphatic heterocycles. The minimum absolute atomic E-state index is 0.0547. The molecule has 0 radical (unpaired) electrons. The van der Waals surface area contributed by atoms with Gasteiger partial charge in [-0.15, -0.1) is 0 Å².